The zero-order valence-corrected chi connectivity index (χ0v) is 10.1. The third-order valence-corrected chi connectivity index (χ3v) is 2.84. The van der Waals surface area contributed by atoms with Gasteiger partial charge < -0.3 is 14.8 Å². The predicted octanol–water partition coefficient (Wildman–Crippen LogP) is 2.45. The van der Waals surface area contributed by atoms with Crippen molar-refractivity contribution >= 4 is 0 Å². The van der Waals surface area contributed by atoms with Crippen LogP contribution in [0, 0.1) is 0 Å². The minimum atomic E-state index is -4.45. The van der Waals surface area contributed by atoms with Crippen molar-refractivity contribution in [1.82, 2.24) is 5.32 Å². The van der Waals surface area contributed by atoms with E-state index in [9.17, 15) is 13.2 Å². The maximum absolute atomic E-state index is 12.8. The van der Waals surface area contributed by atoms with E-state index in [1.807, 2.05) is 6.92 Å². The fourth-order valence-corrected chi connectivity index (χ4v) is 1.84. The summed E-state index contributed by atoms with van der Waals surface area (Å²) in [5.41, 5.74) is -1.30. The van der Waals surface area contributed by atoms with E-state index in [-0.39, 0.29) is 11.5 Å². The van der Waals surface area contributed by atoms with E-state index in [1.54, 1.807) is 0 Å². The highest BCUT2D eigenvalue weighted by atomic mass is 19.4. The Morgan fingerprint density at radius 3 is 2.39 bits per heavy atom. The molecule has 1 aromatic rings. The fourth-order valence-electron chi connectivity index (χ4n) is 1.84. The van der Waals surface area contributed by atoms with Crippen molar-refractivity contribution in [2.75, 3.05) is 20.2 Å². The quantitative estimate of drug-likeness (QED) is 0.906. The maximum atomic E-state index is 12.8. The molecule has 1 aromatic carbocycles. The van der Waals surface area contributed by atoms with Gasteiger partial charge in [0.25, 0.3) is 0 Å². The number of nitrogens with one attached hydrogen (secondary N) is 1. The number of para-hydroxylation sites is 1. The van der Waals surface area contributed by atoms with Gasteiger partial charge in [-0.05, 0) is 19.1 Å². The summed E-state index contributed by atoms with van der Waals surface area (Å²) < 4.78 is 48.8. The van der Waals surface area contributed by atoms with Crippen LogP contribution in [0.2, 0.25) is 0 Å². The molecule has 1 saturated heterocycles. The van der Waals surface area contributed by atoms with E-state index in [4.69, 9.17) is 9.47 Å². The Kier molecular flexibility index (Phi) is 3.14. The topological polar surface area (TPSA) is 30.5 Å². The summed E-state index contributed by atoms with van der Waals surface area (Å²) in [4.78, 5) is 0. The normalized spacial score (nSPS) is 18.1. The molecule has 0 bridgehead atoms. The van der Waals surface area contributed by atoms with Gasteiger partial charge in [0.15, 0.2) is 11.5 Å². The Morgan fingerprint density at radius 1 is 1.28 bits per heavy atom. The first kappa shape index (κ1) is 13.0. The van der Waals surface area contributed by atoms with E-state index >= 15 is 0 Å². The molecule has 100 valence electrons. The monoisotopic (exact) mass is 261 g/mol. The van der Waals surface area contributed by atoms with Crippen molar-refractivity contribution in [2.45, 2.75) is 18.7 Å². The highest BCUT2D eigenvalue weighted by Gasteiger charge is 2.38. The summed E-state index contributed by atoms with van der Waals surface area (Å²) in [7, 11) is 1.21. The second-order valence-electron chi connectivity index (χ2n) is 4.49. The maximum Gasteiger partial charge on any atom is 0.420 e. The number of hydrogen-bond donors (Lipinski definition) is 1. The van der Waals surface area contributed by atoms with Gasteiger partial charge in [0.1, 0.15) is 11.2 Å². The summed E-state index contributed by atoms with van der Waals surface area (Å²) in [6, 6.07) is 3.78. The minimum Gasteiger partial charge on any atom is -0.492 e. The van der Waals surface area contributed by atoms with Crippen LogP contribution >= 0.6 is 0 Å². The molecule has 0 aromatic heterocycles. The van der Waals surface area contributed by atoms with Crippen LogP contribution in [0.3, 0.4) is 0 Å². The van der Waals surface area contributed by atoms with Gasteiger partial charge in [-0.2, -0.15) is 13.2 Å². The third-order valence-electron chi connectivity index (χ3n) is 2.84. The van der Waals surface area contributed by atoms with Gasteiger partial charge in [0, 0.05) is 13.1 Å². The van der Waals surface area contributed by atoms with E-state index in [0.717, 1.165) is 6.07 Å². The zero-order valence-electron chi connectivity index (χ0n) is 10.1. The molecule has 0 spiro atoms. The van der Waals surface area contributed by atoms with Gasteiger partial charge in [0.05, 0.1) is 7.11 Å². The number of hydrogen-bond acceptors (Lipinski definition) is 3. The first-order valence-corrected chi connectivity index (χ1v) is 5.50. The highest BCUT2D eigenvalue weighted by molar-refractivity contribution is 5.48. The Labute approximate surface area is 103 Å². The molecule has 0 unspecified atom stereocenters. The number of rotatable bonds is 3. The standard InChI is InChI=1S/C12H14F3NO2/c1-11(6-16-7-11)18-9-5-3-4-8(10(9)17-2)12(13,14)15/h3-5,16H,6-7H2,1-2H3. The summed E-state index contributed by atoms with van der Waals surface area (Å²) in [6.07, 6.45) is -4.45. The van der Waals surface area contributed by atoms with E-state index in [1.165, 1.54) is 19.2 Å². The molecular formula is C12H14F3NO2. The largest absolute Gasteiger partial charge is 0.492 e. The predicted molar refractivity (Wildman–Crippen MR) is 59.9 cm³/mol. The molecule has 1 aliphatic heterocycles. The van der Waals surface area contributed by atoms with Crippen molar-refractivity contribution in [3.8, 4) is 11.5 Å². The lowest BCUT2D eigenvalue weighted by molar-refractivity contribution is -0.139. The summed E-state index contributed by atoms with van der Waals surface area (Å²) in [5, 5.41) is 3.02. The van der Waals surface area contributed by atoms with Crippen molar-refractivity contribution in [3.63, 3.8) is 0 Å². The molecule has 2 rings (SSSR count). The lowest BCUT2D eigenvalue weighted by Crippen LogP contribution is -2.61. The van der Waals surface area contributed by atoms with Crippen LogP contribution in [-0.2, 0) is 6.18 Å². The number of ether oxygens (including phenoxy) is 2. The first-order chi connectivity index (χ1) is 8.36. The molecule has 1 heterocycles. The summed E-state index contributed by atoms with van der Waals surface area (Å²) in [5.74, 6) is -0.144. The van der Waals surface area contributed by atoms with Gasteiger partial charge in [-0.3, -0.25) is 0 Å². The van der Waals surface area contributed by atoms with Crippen molar-refractivity contribution in [1.29, 1.82) is 0 Å². The molecule has 0 saturated carbocycles. The molecule has 0 amide bonds. The molecule has 1 aliphatic rings. The first-order valence-electron chi connectivity index (χ1n) is 5.50. The molecule has 6 heteroatoms. The van der Waals surface area contributed by atoms with Gasteiger partial charge in [-0.25, -0.2) is 0 Å². The molecule has 0 aliphatic carbocycles. The average molecular weight is 261 g/mol. The van der Waals surface area contributed by atoms with E-state index < -0.39 is 17.3 Å². The van der Waals surface area contributed by atoms with Crippen LogP contribution in [0.1, 0.15) is 12.5 Å². The smallest absolute Gasteiger partial charge is 0.420 e. The SMILES string of the molecule is COc1c(OC2(C)CNC2)cccc1C(F)(F)F. The Hall–Kier alpha value is -1.43. The summed E-state index contributed by atoms with van der Waals surface area (Å²) >= 11 is 0. The molecular weight excluding hydrogens is 247 g/mol. The van der Waals surface area contributed by atoms with Crippen molar-refractivity contribution in [2.24, 2.45) is 0 Å². The molecule has 3 nitrogen and oxygen atoms in total. The number of alkyl halides is 3. The molecule has 18 heavy (non-hydrogen) atoms. The number of methoxy groups -OCH3 is 1. The summed E-state index contributed by atoms with van der Waals surface area (Å²) in [6.45, 7) is 3.04. The third kappa shape index (κ3) is 2.38. The molecule has 1 N–H and O–H groups in total. The van der Waals surface area contributed by atoms with Crippen LogP contribution in [0.5, 0.6) is 11.5 Å². The zero-order chi connectivity index (χ0) is 13.4. The van der Waals surface area contributed by atoms with Gasteiger partial charge in [-0.15, -0.1) is 0 Å². The lowest BCUT2D eigenvalue weighted by atomic mass is 10.00. The Balaban J connectivity index is 2.35. The fraction of sp³-hybridized carbons (Fsp3) is 0.500. The second-order valence-corrected chi connectivity index (χ2v) is 4.49. The Morgan fingerprint density at radius 2 is 1.94 bits per heavy atom. The van der Waals surface area contributed by atoms with Crippen molar-refractivity contribution in [3.05, 3.63) is 23.8 Å². The van der Waals surface area contributed by atoms with E-state index in [2.05, 4.69) is 5.32 Å². The van der Waals surface area contributed by atoms with Crippen LogP contribution in [-0.4, -0.2) is 25.8 Å². The van der Waals surface area contributed by atoms with Crippen molar-refractivity contribution < 1.29 is 22.6 Å². The van der Waals surface area contributed by atoms with Crippen LogP contribution < -0.4 is 14.8 Å². The Bertz CT molecular complexity index is 441. The number of halogens is 3. The van der Waals surface area contributed by atoms with Gasteiger partial charge in [0.2, 0.25) is 0 Å². The molecule has 0 atom stereocenters. The molecule has 0 radical (unpaired) electrons. The van der Waals surface area contributed by atoms with Crippen LogP contribution in [0.15, 0.2) is 18.2 Å². The van der Waals surface area contributed by atoms with Crippen LogP contribution in [0.4, 0.5) is 13.2 Å². The van der Waals surface area contributed by atoms with Crippen LogP contribution in [0.25, 0.3) is 0 Å². The number of benzene rings is 1. The highest BCUT2D eigenvalue weighted by Crippen LogP contribution is 2.42. The minimum absolute atomic E-state index is 0.122. The second kappa shape index (κ2) is 4.35. The lowest BCUT2D eigenvalue weighted by Gasteiger charge is -2.39. The average Bonchev–Trinajstić information content (AvgIpc) is 2.25. The molecule has 1 fully saturated rings. The van der Waals surface area contributed by atoms with E-state index in [0.29, 0.717) is 13.1 Å². The van der Waals surface area contributed by atoms with Gasteiger partial charge in [-0.1, -0.05) is 6.07 Å². The van der Waals surface area contributed by atoms with Gasteiger partial charge >= 0.3 is 6.18 Å².